The largest absolute Gasteiger partial charge is 0.369 e. The second kappa shape index (κ2) is 4.35. The van der Waals surface area contributed by atoms with Crippen LogP contribution in [0.3, 0.4) is 0 Å². The summed E-state index contributed by atoms with van der Waals surface area (Å²) < 4.78 is 2.23. The van der Waals surface area contributed by atoms with Crippen LogP contribution in [-0.2, 0) is 6.42 Å². The number of aromatic nitrogens is 2. The highest BCUT2D eigenvalue weighted by Crippen LogP contribution is 2.39. The average Bonchev–Trinajstić information content (AvgIpc) is 3.03. The molecule has 1 atom stereocenters. The molecule has 4 heteroatoms. The summed E-state index contributed by atoms with van der Waals surface area (Å²) in [5.41, 5.74) is 11.1. The van der Waals surface area contributed by atoms with Gasteiger partial charge in [-0.05, 0) is 54.8 Å². The summed E-state index contributed by atoms with van der Waals surface area (Å²) in [7, 11) is 0. The number of hydrogen-bond acceptors (Lipinski definition) is 3. The zero-order valence-corrected chi connectivity index (χ0v) is 12.3. The number of nitrogens with zero attached hydrogens (tertiary/aromatic N) is 2. The van der Waals surface area contributed by atoms with Crippen molar-refractivity contribution in [1.82, 2.24) is 9.55 Å². The van der Waals surface area contributed by atoms with E-state index < -0.39 is 0 Å². The SMILES string of the molecule is Cc1cccc2c1nc(N)n2C1CCCc2sccc21. The fourth-order valence-electron chi connectivity index (χ4n) is 3.33. The van der Waals surface area contributed by atoms with Crippen molar-refractivity contribution in [3.63, 3.8) is 0 Å². The minimum absolute atomic E-state index is 0.344. The van der Waals surface area contributed by atoms with Gasteiger partial charge in [0, 0.05) is 4.88 Å². The zero-order valence-electron chi connectivity index (χ0n) is 11.5. The molecule has 0 saturated heterocycles. The van der Waals surface area contributed by atoms with Crippen molar-refractivity contribution in [2.24, 2.45) is 0 Å². The molecule has 4 rings (SSSR count). The van der Waals surface area contributed by atoms with Crippen LogP contribution in [0.1, 0.15) is 34.9 Å². The second-order valence-electron chi connectivity index (χ2n) is 5.49. The average molecular weight is 283 g/mol. The molecule has 2 aromatic heterocycles. The van der Waals surface area contributed by atoms with E-state index in [0.717, 1.165) is 17.5 Å². The molecule has 0 amide bonds. The summed E-state index contributed by atoms with van der Waals surface area (Å²) in [4.78, 5) is 6.10. The molecule has 3 aromatic rings. The maximum Gasteiger partial charge on any atom is 0.201 e. The van der Waals surface area contributed by atoms with Gasteiger partial charge in [0.2, 0.25) is 5.95 Å². The number of rotatable bonds is 1. The summed E-state index contributed by atoms with van der Waals surface area (Å²) in [6, 6.07) is 8.91. The van der Waals surface area contributed by atoms with Gasteiger partial charge in [0.15, 0.2) is 0 Å². The first kappa shape index (κ1) is 12.0. The Hall–Kier alpha value is -1.81. The van der Waals surface area contributed by atoms with Gasteiger partial charge in [-0.1, -0.05) is 12.1 Å². The van der Waals surface area contributed by atoms with Crippen molar-refractivity contribution in [3.8, 4) is 0 Å². The summed E-state index contributed by atoms with van der Waals surface area (Å²) in [5, 5.41) is 2.20. The molecule has 2 N–H and O–H groups in total. The van der Waals surface area contributed by atoms with E-state index in [1.807, 2.05) is 11.3 Å². The minimum atomic E-state index is 0.344. The van der Waals surface area contributed by atoms with Crippen LogP contribution >= 0.6 is 11.3 Å². The molecular weight excluding hydrogens is 266 g/mol. The molecule has 0 bridgehead atoms. The second-order valence-corrected chi connectivity index (χ2v) is 6.49. The van der Waals surface area contributed by atoms with Crippen molar-refractivity contribution in [2.45, 2.75) is 32.2 Å². The molecule has 0 saturated carbocycles. The summed E-state index contributed by atoms with van der Waals surface area (Å²) in [5.74, 6) is 0.637. The third kappa shape index (κ3) is 1.61. The smallest absolute Gasteiger partial charge is 0.201 e. The molecule has 20 heavy (non-hydrogen) atoms. The lowest BCUT2D eigenvalue weighted by Gasteiger charge is -2.25. The first-order chi connectivity index (χ1) is 9.75. The van der Waals surface area contributed by atoms with Gasteiger partial charge < -0.3 is 10.3 Å². The van der Waals surface area contributed by atoms with E-state index in [4.69, 9.17) is 5.73 Å². The van der Waals surface area contributed by atoms with Crippen LogP contribution in [0, 0.1) is 6.92 Å². The Morgan fingerprint density at radius 2 is 2.25 bits per heavy atom. The van der Waals surface area contributed by atoms with E-state index in [-0.39, 0.29) is 0 Å². The van der Waals surface area contributed by atoms with Gasteiger partial charge in [0.1, 0.15) is 0 Å². The van der Waals surface area contributed by atoms with Gasteiger partial charge in [-0.3, -0.25) is 0 Å². The van der Waals surface area contributed by atoms with Crippen molar-refractivity contribution >= 4 is 28.3 Å². The lowest BCUT2D eigenvalue weighted by atomic mass is 9.93. The lowest BCUT2D eigenvalue weighted by Crippen LogP contribution is -2.17. The first-order valence-electron chi connectivity index (χ1n) is 7.05. The summed E-state index contributed by atoms with van der Waals surface area (Å²) in [6.45, 7) is 2.09. The molecule has 0 aliphatic heterocycles. The summed E-state index contributed by atoms with van der Waals surface area (Å²) in [6.07, 6.45) is 3.57. The number of anilines is 1. The third-order valence-corrected chi connectivity index (χ3v) is 5.28. The number of hydrogen-bond donors (Lipinski definition) is 1. The molecule has 3 nitrogen and oxygen atoms in total. The monoisotopic (exact) mass is 283 g/mol. The van der Waals surface area contributed by atoms with E-state index in [0.29, 0.717) is 12.0 Å². The number of nitrogen functional groups attached to an aromatic ring is 1. The number of imidazole rings is 1. The lowest BCUT2D eigenvalue weighted by molar-refractivity contribution is 0.510. The van der Waals surface area contributed by atoms with Crippen LogP contribution in [0.5, 0.6) is 0 Å². The number of para-hydroxylation sites is 1. The van der Waals surface area contributed by atoms with E-state index in [2.05, 4.69) is 46.1 Å². The van der Waals surface area contributed by atoms with Gasteiger partial charge in [-0.2, -0.15) is 0 Å². The van der Waals surface area contributed by atoms with E-state index in [9.17, 15) is 0 Å². The van der Waals surface area contributed by atoms with E-state index in [1.54, 1.807) is 0 Å². The van der Waals surface area contributed by atoms with Crippen LogP contribution in [0.25, 0.3) is 11.0 Å². The molecule has 1 aliphatic carbocycles. The van der Waals surface area contributed by atoms with Crippen LogP contribution < -0.4 is 5.73 Å². The fraction of sp³-hybridized carbons (Fsp3) is 0.312. The molecule has 1 aromatic carbocycles. The number of fused-ring (bicyclic) bond motifs is 2. The van der Waals surface area contributed by atoms with Crippen LogP contribution in [0.2, 0.25) is 0 Å². The van der Waals surface area contributed by atoms with Gasteiger partial charge in [-0.15, -0.1) is 11.3 Å². The highest BCUT2D eigenvalue weighted by atomic mass is 32.1. The third-order valence-electron chi connectivity index (χ3n) is 4.28. The van der Waals surface area contributed by atoms with Crippen LogP contribution in [0.4, 0.5) is 5.95 Å². The number of aryl methyl sites for hydroxylation is 2. The molecule has 1 unspecified atom stereocenters. The van der Waals surface area contributed by atoms with E-state index in [1.165, 1.54) is 28.8 Å². The molecule has 1 aliphatic rings. The summed E-state index contributed by atoms with van der Waals surface area (Å²) >= 11 is 1.87. The molecule has 102 valence electrons. The Morgan fingerprint density at radius 1 is 1.35 bits per heavy atom. The highest BCUT2D eigenvalue weighted by molar-refractivity contribution is 7.10. The number of thiophene rings is 1. The van der Waals surface area contributed by atoms with Crippen molar-refractivity contribution in [2.75, 3.05) is 5.73 Å². The Morgan fingerprint density at radius 3 is 3.15 bits per heavy atom. The predicted molar refractivity (Wildman–Crippen MR) is 84.3 cm³/mol. The van der Waals surface area contributed by atoms with Crippen molar-refractivity contribution in [1.29, 1.82) is 0 Å². The van der Waals surface area contributed by atoms with Gasteiger partial charge in [-0.25, -0.2) is 4.98 Å². The molecule has 0 fully saturated rings. The fourth-order valence-corrected chi connectivity index (χ4v) is 4.31. The normalized spacial score (nSPS) is 18.4. The molecule has 0 spiro atoms. The van der Waals surface area contributed by atoms with Crippen LogP contribution in [0.15, 0.2) is 29.6 Å². The maximum absolute atomic E-state index is 6.23. The maximum atomic E-state index is 6.23. The number of nitrogens with two attached hydrogens (primary N) is 1. The molecular formula is C16H17N3S. The topological polar surface area (TPSA) is 43.8 Å². The molecule has 2 heterocycles. The van der Waals surface area contributed by atoms with E-state index >= 15 is 0 Å². The first-order valence-corrected chi connectivity index (χ1v) is 7.93. The zero-order chi connectivity index (χ0) is 13.7. The Kier molecular flexibility index (Phi) is 2.60. The highest BCUT2D eigenvalue weighted by Gasteiger charge is 2.26. The van der Waals surface area contributed by atoms with Gasteiger partial charge in [0.25, 0.3) is 0 Å². The van der Waals surface area contributed by atoms with Crippen molar-refractivity contribution in [3.05, 3.63) is 45.6 Å². The van der Waals surface area contributed by atoms with Gasteiger partial charge in [0.05, 0.1) is 17.1 Å². The Bertz CT molecular complexity index is 784. The minimum Gasteiger partial charge on any atom is -0.369 e. The van der Waals surface area contributed by atoms with Crippen LogP contribution in [-0.4, -0.2) is 9.55 Å². The Balaban J connectivity index is 1.96. The standard InChI is InChI=1S/C16H17N3S/c1-10-4-2-6-13-15(10)18-16(17)19(13)12-5-3-7-14-11(12)8-9-20-14/h2,4,6,8-9,12H,3,5,7H2,1H3,(H2,17,18). The Labute approximate surface area is 122 Å². The number of benzene rings is 1. The van der Waals surface area contributed by atoms with Crippen molar-refractivity contribution < 1.29 is 0 Å². The quantitative estimate of drug-likeness (QED) is 0.735. The predicted octanol–water partition coefficient (Wildman–Crippen LogP) is 3.91. The molecule has 0 radical (unpaired) electrons. The van der Waals surface area contributed by atoms with Gasteiger partial charge >= 0.3 is 0 Å².